The maximum Gasteiger partial charge on any atom is 0.410 e. The largest absolute Gasteiger partial charge is 0.467 e. The molecule has 1 amide bonds. The van der Waals surface area contributed by atoms with Crippen molar-refractivity contribution in [2.24, 2.45) is 5.92 Å². The molecule has 0 aromatic heterocycles. The van der Waals surface area contributed by atoms with E-state index in [1.54, 1.807) is 0 Å². The van der Waals surface area contributed by atoms with Gasteiger partial charge in [0.1, 0.15) is 25.9 Å². The van der Waals surface area contributed by atoms with Crippen molar-refractivity contribution >= 4 is 29.7 Å². The topological polar surface area (TPSA) is 161 Å². The Hall–Kier alpha value is -5.56. The lowest BCUT2D eigenvalue weighted by molar-refractivity contribution is -0.384. The second kappa shape index (κ2) is 15.4. The average molecular weight is 659 g/mol. The second-order valence-corrected chi connectivity index (χ2v) is 11.2. The van der Waals surface area contributed by atoms with Crippen LogP contribution in [-0.2, 0) is 44.7 Å². The number of nitrogens with zero attached hydrogens (tertiary/aromatic N) is 2. The van der Waals surface area contributed by atoms with Gasteiger partial charge in [-0.1, -0.05) is 61.2 Å². The summed E-state index contributed by atoms with van der Waals surface area (Å²) in [7, 11) is 1.21. The maximum absolute atomic E-state index is 13.4. The minimum atomic E-state index is -1.50. The third-order valence-corrected chi connectivity index (χ3v) is 8.25. The smallest absolute Gasteiger partial charge is 0.410 e. The van der Waals surface area contributed by atoms with E-state index in [0.717, 1.165) is 22.3 Å². The van der Waals surface area contributed by atoms with Gasteiger partial charge in [-0.15, -0.1) is 0 Å². The molecule has 1 aliphatic heterocycles. The number of nitro benzene ring substituents is 1. The summed E-state index contributed by atoms with van der Waals surface area (Å²) in [6, 6.07) is 20.2. The molecule has 0 spiro atoms. The van der Waals surface area contributed by atoms with Crippen molar-refractivity contribution in [2.75, 3.05) is 33.5 Å². The average Bonchev–Trinajstić information content (AvgIpc) is 3.68. The lowest BCUT2D eigenvalue weighted by atomic mass is 9.98. The van der Waals surface area contributed by atoms with Crippen LogP contribution in [0.25, 0.3) is 11.1 Å². The highest BCUT2D eigenvalue weighted by Crippen LogP contribution is 2.44. The predicted molar refractivity (Wildman–Crippen MR) is 169 cm³/mol. The van der Waals surface area contributed by atoms with Crippen LogP contribution in [0.1, 0.15) is 29.0 Å². The number of carbonyl (C=O) groups excluding carboxylic acids is 4. The first-order valence-corrected chi connectivity index (χ1v) is 15.2. The fourth-order valence-electron chi connectivity index (χ4n) is 5.83. The van der Waals surface area contributed by atoms with Crippen LogP contribution >= 0.6 is 0 Å². The Kier molecular flexibility index (Phi) is 10.8. The molecule has 250 valence electrons. The summed E-state index contributed by atoms with van der Waals surface area (Å²) in [6.07, 6.45) is -0.125. The Morgan fingerprint density at radius 1 is 0.938 bits per heavy atom. The molecule has 0 radical (unpaired) electrons. The molecule has 5 rings (SSSR count). The Balaban J connectivity index is 1.22. The molecule has 13 nitrogen and oxygen atoms in total. The summed E-state index contributed by atoms with van der Waals surface area (Å²) in [5.74, 6) is -4.22. The number of nitro groups is 1. The SMILES string of the molecule is C=CCOC(=O)[C@@H](CO[C@@H]1C[C@@H](C(=O)OC)N(C(=O)OCC2c3ccccc3-c3ccccc32)C1)C(=O)OCc1ccc([N+](=O)[O-])cc1. The molecule has 0 bridgehead atoms. The summed E-state index contributed by atoms with van der Waals surface area (Å²) in [6.45, 7) is 2.59. The minimum Gasteiger partial charge on any atom is -0.467 e. The predicted octanol–water partition coefficient (Wildman–Crippen LogP) is 4.57. The van der Waals surface area contributed by atoms with E-state index in [-0.39, 0.29) is 44.4 Å². The second-order valence-electron chi connectivity index (χ2n) is 11.2. The highest BCUT2D eigenvalue weighted by Gasteiger charge is 2.43. The molecule has 2 aliphatic rings. The Morgan fingerprint density at radius 3 is 2.17 bits per heavy atom. The number of benzene rings is 3. The van der Waals surface area contributed by atoms with Gasteiger partial charge in [0, 0.05) is 24.5 Å². The van der Waals surface area contributed by atoms with Crippen LogP contribution < -0.4 is 0 Å². The minimum absolute atomic E-state index is 0.0309. The first kappa shape index (κ1) is 33.8. The van der Waals surface area contributed by atoms with Crippen molar-refractivity contribution in [3.8, 4) is 11.1 Å². The molecule has 3 aromatic carbocycles. The number of hydrogen-bond acceptors (Lipinski definition) is 11. The van der Waals surface area contributed by atoms with Crippen LogP contribution in [0.5, 0.6) is 0 Å². The van der Waals surface area contributed by atoms with E-state index in [4.69, 9.17) is 23.7 Å². The van der Waals surface area contributed by atoms with Gasteiger partial charge >= 0.3 is 24.0 Å². The molecular formula is C35H34N2O11. The van der Waals surface area contributed by atoms with E-state index < -0.39 is 53.6 Å². The monoisotopic (exact) mass is 658 g/mol. The van der Waals surface area contributed by atoms with E-state index in [0.29, 0.717) is 5.56 Å². The lowest BCUT2D eigenvalue weighted by Crippen LogP contribution is -2.42. The number of methoxy groups -OCH3 is 1. The fraction of sp³-hybridized carbons (Fsp3) is 0.314. The van der Waals surface area contributed by atoms with E-state index in [1.807, 2.05) is 48.5 Å². The van der Waals surface area contributed by atoms with Gasteiger partial charge in [0.25, 0.3) is 5.69 Å². The zero-order valence-electron chi connectivity index (χ0n) is 26.1. The van der Waals surface area contributed by atoms with E-state index in [1.165, 1.54) is 42.4 Å². The van der Waals surface area contributed by atoms with Crippen LogP contribution in [-0.4, -0.2) is 79.4 Å². The van der Waals surface area contributed by atoms with Crippen LogP contribution in [0.4, 0.5) is 10.5 Å². The fourth-order valence-corrected chi connectivity index (χ4v) is 5.83. The van der Waals surface area contributed by atoms with E-state index in [2.05, 4.69) is 6.58 Å². The molecule has 0 N–H and O–H groups in total. The molecule has 1 saturated heterocycles. The maximum atomic E-state index is 13.4. The van der Waals surface area contributed by atoms with Crippen LogP contribution in [0.2, 0.25) is 0 Å². The number of non-ortho nitro benzene ring substituents is 1. The van der Waals surface area contributed by atoms with Crippen molar-refractivity contribution in [1.82, 2.24) is 4.90 Å². The first-order chi connectivity index (χ1) is 23.2. The molecule has 48 heavy (non-hydrogen) atoms. The van der Waals surface area contributed by atoms with Gasteiger partial charge in [-0.05, 0) is 39.9 Å². The van der Waals surface area contributed by atoms with Crippen molar-refractivity contribution in [3.05, 3.63) is 112 Å². The molecule has 3 aromatic rings. The number of carbonyl (C=O) groups is 4. The van der Waals surface area contributed by atoms with Gasteiger partial charge in [-0.3, -0.25) is 24.6 Å². The number of likely N-dealkylation sites (tertiary alicyclic amines) is 1. The third kappa shape index (κ3) is 7.52. The number of ether oxygens (including phenoxy) is 5. The van der Waals surface area contributed by atoms with Gasteiger partial charge in [0.2, 0.25) is 0 Å². The Morgan fingerprint density at radius 2 is 1.56 bits per heavy atom. The normalized spacial score (nSPS) is 17.1. The molecular weight excluding hydrogens is 624 g/mol. The zero-order valence-corrected chi connectivity index (χ0v) is 26.1. The quantitative estimate of drug-likeness (QED) is 0.0632. The summed E-state index contributed by atoms with van der Waals surface area (Å²) >= 11 is 0. The van der Waals surface area contributed by atoms with Gasteiger partial charge in [-0.25, -0.2) is 9.59 Å². The van der Waals surface area contributed by atoms with Crippen LogP contribution in [0.3, 0.4) is 0 Å². The van der Waals surface area contributed by atoms with E-state index in [9.17, 15) is 29.3 Å². The van der Waals surface area contributed by atoms with Crippen LogP contribution in [0.15, 0.2) is 85.5 Å². The highest BCUT2D eigenvalue weighted by molar-refractivity contribution is 5.95. The summed E-state index contributed by atoms with van der Waals surface area (Å²) in [5.41, 5.74) is 4.55. The van der Waals surface area contributed by atoms with Crippen molar-refractivity contribution in [3.63, 3.8) is 0 Å². The van der Waals surface area contributed by atoms with Gasteiger partial charge in [0.05, 0.1) is 31.3 Å². The third-order valence-electron chi connectivity index (χ3n) is 8.25. The number of rotatable bonds is 13. The molecule has 0 saturated carbocycles. The molecule has 3 atom stereocenters. The number of amides is 1. The first-order valence-electron chi connectivity index (χ1n) is 15.2. The molecule has 1 heterocycles. The lowest BCUT2D eigenvalue weighted by Gasteiger charge is -2.23. The van der Waals surface area contributed by atoms with Gasteiger partial charge < -0.3 is 23.7 Å². The van der Waals surface area contributed by atoms with Crippen LogP contribution in [0, 0.1) is 16.0 Å². The summed E-state index contributed by atoms with van der Waals surface area (Å²) < 4.78 is 27.0. The standard InChI is InChI=1S/C35H34N2O11/c1-3-16-45-32(38)30(33(39)47-19-22-12-14-23(15-13-22)37(42)43)21-46-24-17-31(34(40)44-2)36(18-24)35(41)48-20-29-27-10-6-4-8-25(27)26-9-5-7-11-28(26)29/h3-15,24,29-31H,1,16-21H2,2H3/t24-,30-,31+/m1/s1. The van der Waals surface area contributed by atoms with Gasteiger partial charge in [0.15, 0.2) is 5.92 Å². The molecule has 0 unspecified atom stereocenters. The van der Waals surface area contributed by atoms with Crippen molar-refractivity contribution in [2.45, 2.75) is 31.1 Å². The Bertz CT molecular complexity index is 1640. The molecule has 1 fully saturated rings. The van der Waals surface area contributed by atoms with E-state index >= 15 is 0 Å². The zero-order chi connectivity index (χ0) is 34.2. The Labute approximate surface area is 276 Å². The summed E-state index contributed by atoms with van der Waals surface area (Å²) in [5, 5.41) is 10.9. The number of fused-ring (bicyclic) bond motifs is 3. The highest BCUT2D eigenvalue weighted by atomic mass is 16.6. The van der Waals surface area contributed by atoms with Gasteiger partial charge in [-0.2, -0.15) is 0 Å². The van der Waals surface area contributed by atoms with Crippen molar-refractivity contribution < 1.29 is 47.8 Å². The number of esters is 3. The molecule has 13 heteroatoms. The number of hydrogen-bond donors (Lipinski definition) is 0. The molecule has 1 aliphatic carbocycles. The summed E-state index contributed by atoms with van der Waals surface area (Å²) in [4.78, 5) is 63.4. The van der Waals surface area contributed by atoms with Crippen molar-refractivity contribution in [1.29, 1.82) is 0 Å².